The lowest BCUT2D eigenvalue weighted by atomic mass is 9.90. The van der Waals surface area contributed by atoms with Crippen molar-refractivity contribution in [2.75, 3.05) is 6.54 Å². The number of carbonyl (C=O) groups excluding carboxylic acids is 2. The summed E-state index contributed by atoms with van der Waals surface area (Å²) in [7, 11) is 0. The fraction of sp³-hybridized carbons (Fsp3) is 0.357. The van der Waals surface area contributed by atoms with Gasteiger partial charge in [0, 0.05) is 12.6 Å². The van der Waals surface area contributed by atoms with Gasteiger partial charge in [-0.15, -0.1) is 0 Å². The highest BCUT2D eigenvalue weighted by molar-refractivity contribution is 6.08. The van der Waals surface area contributed by atoms with Gasteiger partial charge in [0.15, 0.2) is 0 Å². The van der Waals surface area contributed by atoms with Gasteiger partial charge in [-0.1, -0.05) is 6.07 Å². The number of nitro groups is 1. The maximum absolute atomic E-state index is 12.4. The van der Waals surface area contributed by atoms with Crippen molar-refractivity contribution in [2.24, 2.45) is 0 Å². The summed E-state index contributed by atoms with van der Waals surface area (Å²) in [5.41, 5.74) is -2.92. The largest absolute Gasteiger partial charge is 0.477 e. The van der Waals surface area contributed by atoms with E-state index >= 15 is 0 Å². The number of nitrogens with zero attached hydrogens (tertiary/aromatic N) is 1. The van der Waals surface area contributed by atoms with Gasteiger partial charge in [-0.3, -0.25) is 19.7 Å². The molecule has 1 saturated heterocycles. The van der Waals surface area contributed by atoms with E-state index < -0.39 is 33.6 Å². The molecule has 1 atom stereocenters. The smallest absolute Gasteiger partial charge is 0.343 e. The Morgan fingerprint density at radius 2 is 2.13 bits per heavy atom. The average Bonchev–Trinajstić information content (AvgIpc) is 2.49. The number of carboxylic acid groups (broad SMARTS) is 1. The number of carbonyl (C=O) groups is 3. The first kappa shape index (κ1) is 16.4. The van der Waals surface area contributed by atoms with Crippen LogP contribution in [0.5, 0.6) is 0 Å². The molecule has 9 nitrogen and oxygen atoms in total. The monoisotopic (exact) mass is 321 g/mol. The third kappa shape index (κ3) is 3.12. The van der Waals surface area contributed by atoms with Gasteiger partial charge in [0.05, 0.1) is 10.5 Å². The Hall–Kier alpha value is -2.97. The molecule has 1 heterocycles. The summed E-state index contributed by atoms with van der Waals surface area (Å²) < 4.78 is 0. The molecule has 0 unspecified atom stereocenters. The van der Waals surface area contributed by atoms with Crippen molar-refractivity contribution in [2.45, 2.75) is 25.3 Å². The van der Waals surface area contributed by atoms with Crippen LogP contribution in [0, 0.1) is 10.1 Å². The van der Waals surface area contributed by atoms with E-state index in [0.29, 0.717) is 19.4 Å². The molecule has 3 N–H and O–H groups in total. The number of amides is 2. The molecule has 0 aliphatic carbocycles. The Morgan fingerprint density at radius 1 is 1.43 bits per heavy atom. The zero-order chi connectivity index (χ0) is 17.2. The molecule has 0 radical (unpaired) electrons. The molecule has 1 aromatic carbocycles. The summed E-state index contributed by atoms with van der Waals surface area (Å²) in [6.07, 6.45) is 1.05. The van der Waals surface area contributed by atoms with Gasteiger partial charge >= 0.3 is 5.97 Å². The SMILES string of the molecule is C[C@]1(NC(=O)c2cccc([N+](=O)[O-])c2C(=O)O)CCCNC1=O. The minimum absolute atomic E-state index is 0.355. The van der Waals surface area contributed by atoms with E-state index in [4.69, 9.17) is 0 Å². The van der Waals surface area contributed by atoms with Gasteiger partial charge < -0.3 is 15.7 Å². The normalized spacial score (nSPS) is 20.5. The van der Waals surface area contributed by atoms with E-state index in [0.717, 1.165) is 6.07 Å². The number of piperidine rings is 1. The Bertz CT molecular complexity index is 702. The van der Waals surface area contributed by atoms with Crippen LogP contribution in [0.3, 0.4) is 0 Å². The zero-order valence-electron chi connectivity index (χ0n) is 12.3. The summed E-state index contributed by atoms with van der Waals surface area (Å²) in [6.45, 7) is 2.03. The first-order chi connectivity index (χ1) is 10.8. The fourth-order valence-corrected chi connectivity index (χ4v) is 2.50. The van der Waals surface area contributed by atoms with Gasteiger partial charge in [-0.2, -0.15) is 0 Å². The van der Waals surface area contributed by atoms with Crippen molar-refractivity contribution in [1.29, 1.82) is 0 Å². The molecule has 122 valence electrons. The Balaban J connectivity index is 2.40. The summed E-state index contributed by atoms with van der Waals surface area (Å²) in [5, 5.41) is 25.3. The van der Waals surface area contributed by atoms with E-state index in [1.54, 1.807) is 0 Å². The fourth-order valence-electron chi connectivity index (χ4n) is 2.50. The molecule has 2 rings (SSSR count). The van der Waals surface area contributed by atoms with Crippen molar-refractivity contribution >= 4 is 23.5 Å². The molecule has 1 aliphatic heterocycles. The van der Waals surface area contributed by atoms with Crippen LogP contribution in [0.2, 0.25) is 0 Å². The van der Waals surface area contributed by atoms with Crippen LogP contribution >= 0.6 is 0 Å². The number of carboxylic acids is 1. The van der Waals surface area contributed by atoms with Crippen molar-refractivity contribution in [3.8, 4) is 0 Å². The second-order valence-electron chi connectivity index (χ2n) is 5.41. The van der Waals surface area contributed by atoms with Crippen LogP contribution in [0.25, 0.3) is 0 Å². The van der Waals surface area contributed by atoms with Crippen LogP contribution < -0.4 is 10.6 Å². The predicted molar refractivity (Wildman–Crippen MR) is 78.2 cm³/mol. The molecule has 1 aromatic rings. The summed E-state index contributed by atoms with van der Waals surface area (Å²) in [5.74, 6) is -2.80. The molecule has 0 aromatic heterocycles. The summed E-state index contributed by atoms with van der Waals surface area (Å²) in [6, 6.07) is 3.41. The van der Waals surface area contributed by atoms with Crippen molar-refractivity contribution < 1.29 is 24.4 Å². The molecule has 0 saturated carbocycles. The highest BCUT2D eigenvalue weighted by Crippen LogP contribution is 2.24. The molecular formula is C14H15N3O6. The second kappa shape index (κ2) is 6.03. The van der Waals surface area contributed by atoms with E-state index in [-0.39, 0.29) is 11.5 Å². The molecule has 1 fully saturated rings. The van der Waals surface area contributed by atoms with Crippen molar-refractivity contribution in [3.05, 3.63) is 39.4 Å². The quantitative estimate of drug-likeness (QED) is 0.551. The number of hydrogen-bond donors (Lipinski definition) is 3. The highest BCUT2D eigenvalue weighted by Gasteiger charge is 2.38. The molecule has 0 bridgehead atoms. The summed E-state index contributed by atoms with van der Waals surface area (Å²) >= 11 is 0. The van der Waals surface area contributed by atoms with Crippen LogP contribution in [-0.4, -0.2) is 39.9 Å². The lowest BCUT2D eigenvalue weighted by molar-refractivity contribution is -0.385. The van der Waals surface area contributed by atoms with Gasteiger partial charge in [0.1, 0.15) is 11.1 Å². The number of rotatable bonds is 4. The van der Waals surface area contributed by atoms with E-state index in [1.165, 1.54) is 19.1 Å². The van der Waals surface area contributed by atoms with Crippen molar-refractivity contribution in [3.63, 3.8) is 0 Å². The van der Waals surface area contributed by atoms with Gasteiger partial charge in [-0.25, -0.2) is 4.79 Å². The standard InChI is InChI=1S/C14H15N3O6/c1-14(6-3-7-15-13(14)21)16-11(18)8-4-2-5-9(17(22)23)10(8)12(19)20/h2,4-5H,3,6-7H2,1H3,(H,15,21)(H,16,18)(H,19,20)/t14-/m0/s1. The van der Waals surface area contributed by atoms with E-state index in [9.17, 15) is 29.6 Å². The molecular weight excluding hydrogens is 306 g/mol. The average molecular weight is 321 g/mol. The van der Waals surface area contributed by atoms with Gasteiger partial charge in [0.2, 0.25) is 5.91 Å². The molecule has 23 heavy (non-hydrogen) atoms. The van der Waals surface area contributed by atoms with Crippen LogP contribution in [0.1, 0.15) is 40.5 Å². The number of aromatic carboxylic acids is 1. The first-order valence-corrected chi connectivity index (χ1v) is 6.88. The third-order valence-corrected chi connectivity index (χ3v) is 3.73. The summed E-state index contributed by atoms with van der Waals surface area (Å²) in [4.78, 5) is 45.7. The van der Waals surface area contributed by atoms with Gasteiger partial charge in [-0.05, 0) is 25.8 Å². The van der Waals surface area contributed by atoms with Crippen LogP contribution in [0.15, 0.2) is 18.2 Å². The lowest BCUT2D eigenvalue weighted by Gasteiger charge is -2.33. The minimum atomic E-state index is -1.58. The number of hydrogen-bond acceptors (Lipinski definition) is 5. The number of nitrogens with one attached hydrogen (secondary N) is 2. The highest BCUT2D eigenvalue weighted by atomic mass is 16.6. The van der Waals surface area contributed by atoms with Crippen LogP contribution in [-0.2, 0) is 4.79 Å². The Labute approximate surface area is 130 Å². The minimum Gasteiger partial charge on any atom is -0.477 e. The number of benzene rings is 1. The van der Waals surface area contributed by atoms with E-state index in [2.05, 4.69) is 10.6 Å². The molecule has 9 heteroatoms. The first-order valence-electron chi connectivity index (χ1n) is 6.88. The number of nitro benzene ring substituents is 1. The molecule has 0 spiro atoms. The maximum Gasteiger partial charge on any atom is 0.343 e. The van der Waals surface area contributed by atoms with Crippen LogP contribution in [0.4, 0.5) is 5.69 Å². The van der Waals surface area contributed by atoms with Crippen molar-refractivity contribution in [1.82, 2.24) is 10.6 Å². The second-order valence-corrected chi connectivity index (χ2v) is 5.41. The van der Waals surface area contributed by atoms with E-state index in [1.807, 2.05) is 0 Å². The molecule has 2 amide bonds. The zero-order valence-corrected chi connectivity index (χ0v) is 12.3. The Kier molecular flexibility index (Phi) is 4.30. The molecule has 1 aliphatic rings. The Morgan fingerprint density at radius 3 is 2.70 bits per heavy atom. The lowest BCUT2D eigenvalue weighted by Crippen LogP contribution is -2.59. The van der Waals surface area contributed by atoms with Gasteiger partial charge in [0.25, 0.3) is 11.6 Å². The maximum atomic E-state index is 12.4. The predicted octanol–water partition coefficient (Wildman–Crippen LogP) is 0.692. The topological polar surface area (TPSA) is 139 Å². The third-order valence-electron chi connectivity index (χ3n) is 3.73.